The molecule has 0 aliphatic carbocycles. The molecule has 0 spiro atoms. The van der Waals surface area contributed by atoms with Crippen molar-refractivity contribution < 1.29 is 0 Å². The summed E-state index contributed by atoms with van der Waals surface area (Å²) in [5.41, 5.74) is 12.2. The van der Waals surface area contributed by atoms with Crippen molar-refractivity contribution in [2.24, 2.45) is 0 Å². The average molecular weight is 685 g/mol. The molecule has 0 amide bonds. The van der Waals surface area contributed by atoms with E-state index in [2.05, 4.69) is 203 Å². The van der Waals surface area contributed by atoms with E-state index in [-0.39, 0.29) is 0 Å². The van der Waals surface area contributed by atoms with E-state index in [9.17, 15) is 0 Å². The van der Waals surface area contributed by atoms with Crippen molar-refractivity contribution in [3.63, 3.8) is 0 Å². The SMILES string of the molecule is c1ccc2c(c1)c1ccccc1n2-c1ccc(-c2ccc3ccc4c(-c5ccc(-n6c7ccccc7c7ccccc76)cc5)ccc5ccc2c3c54)cc1. The first kappa shape index (κ1) is 29.4. The molecule has 2 heterocycles. The minimum absolute atomic E-state index is 1.17. The lowest BCUT2D eigenvalue weighted by molar-refractivity contribution is 1.18. The maximum atomic E-state index is 2.38. The highest BCUT2D eigenvalue weighted by Gasteiger charge is 2.17. The second-order valence-corrected chi connectivity index (χ2v) is 14.5. The molecule has 0 aliphatic rings. The van der Waals surface area contributed by atoms with Crippen LogP contribution in [-0.4, -0.2) is 9.13 Å². The predicted molar refractivity (Wildman–Crippen MR) is 230 cm³/mol. The molecule has 2 aromatic heterocycles. The molecule has 0 bridgehead atoms. The highest BCUT2D eigenvalue weighted by Crippen LogP contribution is 2.43. The Labute approximate surface area is 311 Å². The van der Waals surface area contributed by atoms with Crippen LogP contribution < -0.4 is 0 Å². The number of fused-ring (bicyclic) bond motifs is 6. The molecule has 250 valence electrons. The average Bonchev–Trinajstić information content (AvgIpc) is 3.76. The summed E-state index contributed by atoms with van der Waals surface area (Å²) in [5.74, 6) is 0. The zero-order chi connectivity index (χ0) is 35.3. The molecule has 12 aromatic rings. The van der Waals surface area contributed by atoms with Crippen LogP contribution in [-0.2, 0) is 0 Å². The van der Waals surface area contributed by atoms with Crippen LogP contribution in [0.4, 0.5) is 0 Å². The van der Waals surface area contributed by atoms with Gasteiger partial charge in [0.25, 0.3) is 0 Å². The first-order valence-electron chi connectivity index (χ1n) is 18.7. The molecule has 0 fully saturated rings. The van der Waals surface area contributed by atoms with Gasteiger partial charge in [0.05, 0.1) is 22.1 Å². The monoisotopic (exact) mass is 684 g/mol. The number of nitrogens with zero attached hydrogens (tertiary/aromatic N) is 2. The molecule has 0 atom stereocenters. The quantitative estimate of drug-likeness (QED) is 0.163. The highest BCUT2D eigenvalue weighted by molar-refractivity contribution is 6.27. The summed E-state index contributed by atoms with van der Waals surface area (Å²) in [6, 6.07) is 71.5. The number of aromatic nitrogens is 2. The first-order chi connectivity index (χ1) is 26.8. The summed E-state index contributed by atoms with van der Waals surface area (Å²) in [7, 11) is 0. The maximum absolute atomic E-state index is 2.38. The third-order valence-corrected chi connectivity index (χ3v) is 11.7. The predicted octanol–water partition coefficient (Wildman–Crippen LogP) is 14.1. The zero-order valence-electron chi connectivity index (χ0n) is 29.4. The van der Waals surface area contributed by atoms with E-state index < -0.39 is 0 Å². The number of para-hydroxylation sites is 4. The Kier molecular flexibility index (Phi) is 6.09. The Balaban J connectivity index is 0.975. The molecule has 0 radical (unpaired) electrons. The van der Waals surface area contributed by atoms with E-state index in [0.717, 1.165) is 0 Å². The first-order valence-corrected chi connectivity index (χ1v) is 18.7. The maximum Gasteiger partial charge on any atom is 0.0541 e. The summed E-state index contributed by atoms with van der Waals surface area (Å²) in [6.45, 7) is 0. The molecule has 0 unspecified atom stereocenters. The van der Waals surface area contributed by atoms with Gasteiger partial charge in [-0.15, -0.1) is 0 Å². The lowest BCUT2D eigenvalue weighted by atomic mass is 9.87. The molecule has 2 nitrogen and oxygen atoms in total. The van der Waals surface area contributed by atoms with E-state index >= 15 is 0 Å². The zero-order valence-corrected chi connectivity index (χ0v) is 29.4. The van der Waals surface area contributed by atoms with Crippen molar-refractivity contribution in [3.05, 3.63) is 194 Å². The normalized spacial score (nSPS) is 12.1. The van der Waals surface area contributed by atoms with Crippen LogP contribution in [0.2, 0.25) is 0 Å². The Morgan fingerprint density at radius 1 is 0.241 bits per heavy atom. The van der Waals surface area contributed by atoms with Crippen molar-refractivity contribution in [2.45, 2.75) is 0 Å². The minimum Gasteiger partial charge on any atom is -0.309 e. The van der Waals surface area contributed by atoms with Crippen LogP contribution in [0.1, 0.15) is 0 Å². The fourth-order valence-corrected chi connectivity index (χ4v) is 9.29. The lowest BCUT2D eigenvalue weighted by Crippen LogP contribution is -1.94. The van der Waals surface area contributed by atoms with E-state index in [1.807, 2.05) is 0 Å². The van der Waals surface area contributed by atoms with Crippen molar-refractivity contribution >= 4 is 75.9 Å². The van der Waals surface area contributed by atoms with Gasteiger partial charge in [0, 0.05) is 32.9 Å². The van der Waals surface area contributed by atoms with Gasteiger partial charge >= 0.3 is 0 Å². The minimum atomic E-state index is 1.17. The van der Waals surface area contributed by atoms with Crippen LogP contribution in [0.25, 0.3) is 110 Å². The molecule has 2 heteroatoms. The van der Waals surface area contributed by atoms with Crippen LogP contribution in [0, 0.1) is 0 Å². The van der Waals surface area contributed by atoms with Crippen molar-refractivity contribution in [1.29, 1.82) is 0 Å². The molecule has 10 aromatic carbocycles. The van der Waals surface area contributed by atoms with E-state index in [4.69, 9.17) is 0 Å². The van der Waals surface area contributed by atoms with Gasteiger partial charge in [-0.25, -0.2) is 0 Å². The van der Waals surface area contributed by atoms with Crippen molar-refractivity contribution in [2.75, 3.05) is 0 Å². The summed E-state index contributed by atoms with van der Waals surface area (Å²) in [4.78, 5) is 0. The molecular formula is C52H32N2. The van der Waals surface area contributed by atoms with Gasteiger partial charge in [-0.1, -0.05) is 146 Å². The topological polar surface area (TPSA) is 9.86 Å². The molecule has 12 rings (SSSR count). The number of hydrogen-bond acceptors (Lipinski definition) is 0. The molecular weight excluding hydrogens is 653 g/mol. The Bertz CT molecular complexity index is 3080. The third kappa shape index (κ3) is 4.11. The van der Waals surface area contributed by atoms with Crippen molar-refractivity contribution in [3.8, 4) is 33.6 Å². The second-order valence-electron chi connectivity index (χ2n) is 14.5. The second kappa shape index (κ2) is 11.2. The van der Waals surface area contributed by atoms with Crippen LogP contribution in [0.3, 0.4) is 0 Å². The Morgan fingerprint density at radius 2 is 0.556 bits per heavy atom. The van der Waals surface area contributed by atoms with E-state index in [1.165, 1.54) is 110 Å². The number of rotatable bonds is 4. The summed E-state index contributed by atoms with van der Waals surface area (Å²) in [5, 5.41) is 12.9. The summed E-state index contributed by atoms with van der Waals surface area (Å²) >= 11 is 0. The van der Waals surface area contributed by atoms with Gasteiger partial charge in [0.15, 0.2) is 0 Å². The van der Waals surface area contributed by atoms with Gasteiger partial charge in [-0.3, -0.25) is 0 Å². The Morgan fingerprint density at radius 3 is 0.907 bits per heavy atom. The van der Waals surface area contributed by atoms with Gasteiger partial charge in [-0.05, 0) is 103 Å². The number of hydrogen-bond donors (Lipinski definition) is 0. The Hall–Kier alpha value is -7.16. The fourth-order valence-electron chi connectivity index (χ4n) is 9.29. The standard InChI is InChI=1S/C52H32N2/c1-5-13-47-41(9-1)42-10-2-6-14-48(42)53(47)37-25-17-33(18-26-37)39-29-21-35-24-32-46-40(30-22-36-23-31-45(39)51(35)52(36)46)34-19-27-38(28-20-34)54-49-15-7-3-11-43(49)44-12-4-8-16-50(44)54/h1-32H. The summed E-state index contributed by atoms with van der Waals surface area (Å²) in [6.07, 6.45) is 0. The van der Waals surface area contributed by atoms with Gasteiger partial charge in [0.1, 0.15) is 0 Å². The molecule has 54 heavy (non-hydrogen) atoms. The van der Waals surface area contributed by atoms with E-state index in [0.29, 0.717) is 0 Å². The molecule has 0 N–H and O–H groups in total. The molecule has 0 saturated carbocycles. The third-order valence-electron chi connectivity index (χ3n) is 11.7. The number of benzene rings is 10. The molecule has 0 saturated heterocycles. The van der Waals surface area contributed by atoms with E-state index in [1.54, 1.807) is 0 Å². The van der Waals surface area contributed by atoms with Crippen molar-refractivity contribution in [1.82, 2.24) is 9.13 Å². The van der Waals surface area contributed by atoms with Crippen LogP contribution >= 0.6 is 0 Å². The highest BCUT2D eigenvalue weighted by atomic mass is 15.0. The van der Waals surface area contributed by atoms with Gasteiger partial charge in [0.2, 0.25) is 0 Å². The van der Waals surface area contributed by atoms with Crippen LogP contribution in [0.15, 0.2) is 194 Å². The summed E-state index contributed by atoms with van der Waals surface area (Å²) < 4.78 is 4.77. The smallest absolute Gasteiger partial charge is 0.0541 e. The van der Waals surface area contributed by atoms with Gasteiger partial charge < -0.3 is 9.13 Å². The van der Waals surface area contributed by atoms with Crippen LogP contribution in [0.5, 0.6) is 0 Å². The fraction of sp³-hybridized carbons (Fsp3) is 0. The lowest BCUT2D eigenvalue weighted by Gasteiger charge is -2.17. The molecule has 0 aliphatic heterocycles. The largest absolute Gasteiger partial charge is 0.309 e. The van der Waals surface area contributed by atoms with Gasteiger partial charge in [-0.2, -0.15) is 0 Å².